The maximum atomic E-state index is 13.0. The molecular formula is C24H25N3O2. The Morgan fingerprint density at radius 3 is 2.31 bits per heavy atom. The molecule has 5 nitrogen and oxygen atoms in total. The third kappa shape index (κ3) is 4.88. The molecule has 0 spiro atoms. The standard InChI is InChI=1S/C24H25N3O2/c1-5-27(21-8-6-7-16(2)14-21)24(29)22-15-19(9-10-25-22)23(28)26-20-12-17(3)11-18(4)13-20/h6-15H,5H2,1-4H3,(H,26,28). The average Bonchev–Trinajstić information content (AvgIpc) is 2.68. The lowest BCUT2D eigenvalue weighted by molar-refractivity contribution is 0.0983. The summed E-state index contributed by atoms with van der Waals surface area (Å²) in [5.74, 6) is -0.510. The van der Waals surface area contributed by atoms with Crippen molar-refractivity contribution >= 4 is 23.2 Å². The normalized spacial score (nSPS) is 10.5. The molecule has 1 N–H and O–H groups in total. The minimum atomic E-state index is -0.273. The van der Waals surface area contributed by atoms with E-state index in [9.17, 15) is 9.59 Å². The van der Waals surface area contributed by atoms with Crippen LogP contribution in [0.1, 0.15) is 44.5 Å². The van der Waals surface area contributed by atoms with Gasteiger partial charge >= 0.3 is 0 Å². The van der Waals surface area contributed by atoms with Crippen LogP contribution in [0.15, 0.2) is 60.8 Å². The van der Waals surface area contributed by atoms with Gasteiger partial charge in [-0.15, -0.1) is 0 Å². The fourth-order valence-corrected chi connectivity index (χ4v) is 3.32. The predicted octanol–water partition coefficient (Wildman–Crippen LogP) is 4.93. The molecule has 3 rings (SSSR count). The van der Waals surface area contributed by atoms with Crippen molar-refractivity contribution in [3.05, 3.63) is 88.7 Å². The van der Waals surface area contributed by atoms with Crippen LogP contribution in [0.25, 0.3) is 0 Å². The van der Waals surface area contributed by atoms with E-state index in [1.807, 2.05) is 70.2 Å². The van der Waals surface area contributed by atoms with Gasteiger partial charge < -0.3 is 10.2 Å². The topological polar surface area (TPSA) is 62.3 Å². The second kappa shape index (κ2) is 8.69. The lowest BCUT2D eigenvalue weighted by Crippen LogP contribution is -2.31. The smallest absolute Gasteiger partial charge is 0.276 e. The third-order valence-electron chi connectivity index (χ3n) is 4.60. The highest BCUT2D eigenvalue weighted by Gasteiger charge is 2.19. The van der Waals surface area contributed by atoms with Crippen LogP contribution in [0.4, 0.5) is 11.4 Å². The summed E-state index contributed by atoms with van der Waals surface area (Å²) in [7, 11) is 0. The van der Waals surface area contributed by atoms with E-state index in [-0.39, 0.29) is 17.5 Å². The van der Waals surface area contributed by atoms with Crippen molar-refractivity contribution in [2.75, 3.05) is 16.8 Å². The number of amides is 2. The number of benzene rings is 2. The summed E-state index contributed by atoms with van der Waals surface area (Å²) in [6.07, 6.45) is 1.49. The molecule has 29 heavy (non-hydrogen) atoms. The van der Waals surface area contributed by atoms with Crippen LogP contribution in [0.3, 0.4) is 0 Å². The van der Waals surface area contributed by atoms with E-state index >= 15 is 0 Å². The van der Waals surface area contributed by atoms with E-state index in [0.29, 0.717) is 12.1 Å². The van der Waals surface area contributed by atoms with Crippen molar-refractivity contribution in [3.8, 4) is 0 Å². The van der Waals surface area contributed by atoms with Crippen LogP contribution in [0, 0.1) is 20.8 Å². The van der Waals surface area contributed by atoms with Crippen LogP contribution in [-0.2, 0) is 0 Å². The molecule has 0 bridgehead atoms. The van der Waals surface area contributed by atoms with Crippen LogP contribution < -0.4 is 10.2 Å². The van der Waals surface area contributed by atoms with E-state index < -0.39 is 0 Å². The molecule has 0 unspecified atom stereocenters. The number of anilines is 2. The number of nitrogens with zero attached hydrogens (tertiary/aromatic N) is 2. The highest BCUT2D eigenvalue weighted by molar-refractivity contribution is 6.08. The quantitative estimate of drug-likeness (QED) is 0.675. The average molecular weight is 387 g/mol. The molecule has 0 atom stereocenters. The number of pyridine rings is 1. The molecule has 0 aliphatic rings. The molecule has 1 heterocycles. The van der Waals surface area contributed by atoms with Gasteiger partial charge in [-0.05, 0) is 80.8 Å². The number of rotatable bonds is 5. The fourth-order valence-electron chi connectivity index (χ4n) is 3.32. The minimum Gasteiger partial charge on any atom is -0.322 e. The van der Waals surface area contributed by atoms with E-state index in [0.717, 1.165) is 28.1 Å². The SMILES string of the molecule is CCN(C(=O)c1cc(C(=O)Nc2cc(C)cc(C)c2)ccn1)c1cccc(C)c1. The first-order valence-electron chi connectivity index (χ1n) is 9.61. The summed E-state index contributed by atoms with van der Waals surface area (Å²) < 4.78 is 0. The number of hydrogen-bond donors (Lipinski definition) is 1. The molecule has 0 radical (unpaired) electrons. The van der Waals surface area contributed by atoms with Crippen LogP contribution in [0.2, 0.25) is 0 Å². The monoisotopic (exact) mass is 387 g/mol. The molecule has 0 saturated heterocycles. The maximum Gasteiger partial charge on any atom is 0.276 e. The van der Waals surface area contributed by atoms with Crippen LogP contribution >= 0.6 is 0 Å². The number of carbonyl (C=O) groups is 2. The lowest BCUT2D eigenvalue weighted by atomic mass is 10.1. The summed E-state index contributed by atoms with van der Waals surface area (Å²) in [5, 5.41) is 2.90. The zero-order chi connectivity index (χ0) is 21.0. The molecule has 148 valence electrons. The molecule has 0 aliphatic carbocycles. The van der Waals surface area contributed by atoms with E-state index in [2.05, 4.69) is 10.3 Å². The van der Waals surface area contributed by atoms with Crippen LogP contribution in [0.5, 0.6) is 0 Å². The number of hydrogen-bond acceptors (Lipinski definition) is 3. The summed E-state index contributed by atoms with van der Waals surface area (Å²) in [6, 6.07) is 16.8. The largest absolute Gasteiger partial charge is 0.322 e. The molecular weight excluding hydrogens is 362 g/mol. The molecule has 2 aromatic carbocycles. The van der Waals surface area contributed by atoms with Gasteiger partial charge in [-0.1, -0.05) is 18.2 Å². The van der Waals surface area contributed by atoms with Crippen molar-refractivity contribution in [1.82, 2.24) is 4.98 Å². The minimum absolute atomic E-state index is 0.237. The summed E-state index contributed by atoms with van der Waals surface area (Å²) in [6.45, 7) is 8.37. The molecule has 0 fully saturated rings. The Bertz CT molecular complexity index is 1040. The molecule has 1 aromatic heterocycles. The Hall–Kier alpha value is -3.47. The van der Waals surface area contributed by atoms with Crippen molar-refractivity contribution < 1.29 is 9.59 Å². The Kier molecular flexibility index (Phi) is 6.07. The van der Waals surface area contributed by atoms with Crippen molar-refractivity contribution in [3.63, 3.8) is 0 Å². The second-order valence-corrected chi connectivity index (χ2v) is 7.15. The molecule has 0 saturated carbocycles. The van der Waals surface area contributed by atoms with Gasteiger partial charge in [-0.3, -0.25) is 14.6 Å². The van der Waals surface area contributed by atoms with Gasteiger partial charge in [0, 0.05) is 29.7 Å². The molecule has 5 heteroatoms. The highest BCUT2D eigenvalue weighted by atomic mass is 16.2. The zero-order valence-electron chi connectivity index (χ0n) is 17.2. The van der Waals surface area contributed by atoms with Gasteiger partial charge in [0.05, 0.1) is 0 Å². The van der Waals surface area contributed by atoms with Gasteiger partial charge in [0.2, 0.25) is 0 Å². The second-order valence-electron chi connectivity index (χ2n) is 7.15. The van der Waals surface area contributed by atoms with Gasteiger partial charge in [0.25, 0.3) is 11.8 Å². The van der Waals surface area contributed by atoms with Crippen molar-refractivity contribution in [2.24, 2.45) is 0 Å². The first-order chi connectivity index (χ1) is 13.9. The Morgan fingerprint density at radius 2 is 1.66 bits per heavy atom. The Labute approximate surface area is 171 Å². The predicted molar refractivity (Wildman–Crippen MR) is 117 cm³/mol. The number of aromatic nitrogens is 1. The van der Waals surface area contributed by atoms with E-state index in [1.54, 1.807) is 17.0 Å². The number of aryl methyl sites for hydroxylation is 3. The summed E-state index contributed by atoms with van der Waals surface area (Å²) >= 11 is 0. The van der Waals surface area contributed by atoms with Gasteiger partial charge in [-0.25, -0.2) is 0 Å². The molecule has 0 aliphatic heterocycles. The summed E-state index contributed by atoms with van der Waals surface area (Å²) in [5.41, 5.74) is 5.38. The van der Waals surface area contributed by atoms with E-state index in [4.69, 9.17) is 0 Å². The molecule has 3 aromatic rings. The number of nitrogens with one attached hydrogen (secondary N) is 1. The summed E-state index contributed by atoms with van der Waals surface area (Å²) in [4.78, 5) is 31.6. The van der Waals surface area contributed by atoms with Gasteiger partial charge in [0.15, 0.2) is 0 Å². The van der Waals surface area contributed by atoms with Crippen molar-refractivity contribution in [1.29, 1.82) is 0 Å². The Morgan fingerprint density at radius 1 is 0.931 bits per heavy atom. The first kappa shape index (κ1) is 20.3. The van der Waals surface area contributed by atoms with E-state index in [1.165, 1.54) is 6.20 Å². The fraction of sp³-hybridized carbons (Fsp3) is 0.208. The first-order valence-corrected chi connectivity index (χ1v) is 9.61. The number of carbonyl (C=O) groups excluding carboxylic acids is 2. The van der Waals surface area contributed by atoms with Crippen LogP contribution in [-0.4, -0.2) is 23.3 Å². The highest BCUT2D eigenvalue weighted by Crippen LogP contribution is 2.19. The zero-order valence-corrected chi connectivity index (χ0v) is 17.2. The maximum absolute atomic E-state index is 13.0. The van der Waals surface area contributed by atoms with Gasteiger partial charge in [0.1, 0.15) is 5.69 Å². The van der Waals surface area contributed by atoms with Crippen molar-refractivity contribution in [2.45, 2.75) is 27.7 Å². The van der Waals surface area contributed by atoms with Gasteiger partial charge in [-0.2, -0.15) is 0 Å². The lowest BCUT2D eigenvalue weighted by Gasteiger charge is -2.21. The third-order valence-corrected chi connectivity index (χ3v) is 4.60. The Balaban J connectivity index is 1.84. The molecule has 2 amide bonds.